The van der Waals surface area contributed by atoms with Crippen LogP contribution in [0.5, 0.6) is 0 Å². The number of sulfonamides is 1. The minimum Gasteiger partial charge on any atom is -0.348 e. The van der Waals surface area contributed by atoms with Gasteiger partial charge in [0.2, 0.25) is 10.0 Å². The molecule has 1 saturated heterocycles. The molecular weight excluding hydrogens is 350 g/mol. The van der Waals surface area contributed by atoms with Gasteiger partial charge in [-0.15, -0.1) is 12.4 Å². The second-order valence-electron chi connectivity index (χ2n) is 6.10. The molecule has 136 valence electrons. The van der Waals surface area contributed by atoms with Gasteiger partial charge in [-0.3, -0.25) is 4.79 Å². The molecule has 1 aliphatic rings. The third-order valence-electron chi connectivity index (χ3n) is 4.20. The van der Waals surface area contributed by atoms with E-state index in [0.29, 0.717) is 18.7 Å². The van der Waals surface area contributed by atoms with E-state index in [2.05, 4.69) is 5.32 Å². The van der Waals surface area contributed by atoms with E-state index in [4.69, 9.17) is 5.73 Å². The first kappa shape index (κ1) is 20.9. The molecule has 1 aromatic carbocycles. The van der Waals surface area contributed by atoms with E-state index in [1.807, 2.05) is 13.8 Å². The molecule has 0 radical (unpaired) electrons. The van der Waals surface area contributed by atoms with Gasteiger partial charge in [-0.2, -0.15) is 4.31 Å². The molecule has 1 unspecified atom stereocenters. The lowest BCUT2D eigenvalue weighted by molar-refractivity contribution is 0.0941. The number of rotatable bonds is 5. The smallest absolute Gasteiger partial charge is 0.251 e. The summed E-state index contributed by atoms with van der Waals surface area (Å²) in [5.41, 5.74) is 5.90. The van der Waals surface area contributed by atoms with Crippen LogP contribution in [0.4, 0.5) is 0 Å². The first-order valence-electron chi connectivity index (χ1n) is 7.99. The average Bonchev–Trinajstić information content (AvgIpc) is 2.55. The van der Waals surface area contributed by atoms with Crippen LogP contribution in [0.25, 0.3) is 0 Å². The molecule has 0 spiro atoms. The molecule has 0 saturated carbocycles. The molecule has 6 nitrogen and oxygen atoms in total. The van der Waals surface area contributed by atoms with E-state index >= 15 is 0 Å². The van der Waals surface area contributed by atoms with Crippen LogP contribution in [0.15, 0.2) is 29.2 Å². The normalized spacial score (nSPS) is 20.0. The van der Waals surface area contributed by atoms with Crippen molar-refractivity contribution in [1.82, 2.24) is 9.62 Å². The predicted molar refractivity (Wildman–Crippen MR) is 96.9 cm³/mol. The van der Waals surface area contributed by atoms with E-state index in [1.54, 1.807) is 16.4 Å². The average molecular weight is 376 g/mol. The molecule has 2 rings (SSSR count). The number of nitrogens with zero attached hydrogens (tertiary/aromatic N) is 1. The van der Waals surface area contributed by atoms with Crippen molar-refractivity contribution >= 4 is 28.3 Å². The molecule has 0 aliphatic carbocycles. The lowest BCUT2D eigenvalue weighted by Crippen LogP contribution is -2.42. The van der Waals surface area contributed by atoms with Gasteiger partial charge in [-0.25, -0.2) is 8.42 Å². The molecule has 1 fully saturated rings. The highest BCUT2D eigenvalue weighted by molar-refractivity contribution is 7.89. The Labute approximate surface area is 150 Å². The number of amides is 1. The third kappa shape index (κ3) is 4.69. The quantitative estimate of drug-likeness (QED) is 0.819. The number of nitrogens with one attached hydrogen (secondary N) is 1. The lowest BCUT2D eigenvalue weighted by Gasteiger charge is -2.32. The largest absolute Gasteiger partial charge is 0.348 e. The summed E-state index contributed by atoms with van der Waals surface area (Å²) in [7, 11) is -3.50. The zero-order valence-electron chi connectivity index (χ0n) is 14.1. The molecule has 24 heavy (non-hydrogen) atoms. The maximum Gasteiger partial charge on any atom is 0.251 e. The van der Waals surface area contributed by atoms with Crippen LogP contribution in [0, 0.1) is 0 Å². The van der Waals surface area contributed by atoms with Crippen LogP contribution in [0.3, 0.4) is 0 Å². The summed E-state index contributed by atoms with van der Waals surface area (Å²) in [6.07, 6.45) is 2.84. The Balaban J connectivity index is 0.00000288. The number of hydrogen-bond acceptors (Lipinski definition) is 4. The van der Waals surface area contributed by atoms with Crippen molar-refractivity contribution in [2.75, 3.05) is 13.1 Å². The van der Waals surface area contributed by atoms with Gasteiger partial charge in [-0.05, 0) is 51.0 Å². The van der Waals surface area contributed by atoms with Crippen LogP contribution in [0.2, 0.25) is 0 Å². The SMILES string of the molecule is CC1CCCCN1S(=O)(=O)c1ccc(C(=O)N[C@@H](C)CN)cc1.Cl. The highest BCUT2D eigenvalue weighted by Crippen LogP contribution is 2.25. The molecule has 1 amide bonds. The summed E-state index contributed by atoms with van der Waals surface area (Å²) < 4.78 is 27.0. The second kappa shape index (κ2) is 8.80. The Morgan fingerprint density at radius 1 is 1.33 bits per heavy atom. The Kier molecular flexibility index (Phi) is 7.66. The zero-order chi connectivity index (χ0) is 17.0. The number of piperidine rings is 1. The highest BCUT2D eigenvalue weighted by Gasteiger charge is 2.30. The lowest BCUT2D eigenvalue weighted by atomic mass is 10.1. The fourth-order valence-corrected chi connectivity index (χ4v) is 4.41. The van der Waals surface area contributed by atoms with E-state index in [9.17, 15) is 13.2 Å². The monoisotopic (exact) mass is 375 g/mol. The highest BCUT2D eigenvalue weighted by atomic mass is 35.5. The number of benzene rings is 1. The van der Waals surface area contributed by atoms with E-state index < -0.39 is 10.0 Å². The van der Waals surface area contributed by atoms with Crippen molar-refractivity contribution in [1.29, 1.82) is 0 Å². The molecule has 1 aromatic rings. The minimum atomic E-state index is -3.50. The van der Waals surface area contributed by atoms with Crippen LogP contribution in [0.1, 0.15) is 43.5 Å². The van der Waals surface area contributed by atoms with E-state index in [-0.39, 0.29) is 35.3 Å². The number of carbonyl (C=O) groups is 1. The van der Waals surface area contributed by atoms with Gasteiger partial charge in [0, 0.05) is 30.7 Å². The molecule has 2 atom stereocenters. The number of nitrogens with two attached hydrogens (primary N) is 1. The molecule has 0 aromatic heterocycles. The van der Waals surface area contributed by atoms with Crippen molar-refractivity contribution in [3.8, 4) is 0 Å². The van der Waals surface area contributed by atoms with Crippen molar-refractivity contribution in [3.05, 3.63) is 29.8 Å². The molecule has 0 bridgehead atoms. The van der Waals surface area contributed by atoms with Crippen LogP contribution < -0.4 is 11.1 Å². The summed E-state index contributed by atoms with van der Waals surface area (Å²) in [6.45, 7) is 4.66. The standard InChI is InChI=1S/C16H25N3O3S.ClH/c1-12(11-17)18-16(20)14-6-8-15(9-7-14)23(21,22)19-10-4-3-5-13(19)2;/h6-9,12-13H,3-5,10-11,17H2,1-2H3,(H,18,20);1H/t12-,13?;/m0./s1. The van der Waals surface area contributed by atoms with E-state index in [1.165, 1.54) is 12.1 Å². The molecule has 1 heterocycles. The number of carbonyl (C=O) groups excluding carboxylic acids is 1. The summed E-state index contributed by atoms with van der Waals surface area (Å²) >= 11 is 0. The van der Waals surface area contributed by atoms with Gasteiger partial charge in [0.05, 0.1) is 4.90 Å². The minimum absolute atomic E-state index is 0. The second-order valence-corrected chi connectivity index (χ2v) is 7.99. The van der Waals surface area contributed by atoms with Crippen LogP contribution in [-0.2, 0) is 10.0 Å². The van der Waals surface area contributed by atoms with Crippen molar-refractivity contribution in [3.63, 3.8) is 0 Å². The Bertz CT molecular complexity index is 649. The molecule has 1 aliphatic heterocycles. The zero-order valence-corrected chi connectivity index (χ0v) is 15.7. The maximum atomic E-state index is 12.7. The first-order chi connectivity index (χ1) is 10.9. The molecule has 3 N–H and O–H groups in total. The Hall–Kier alpha value is -1.15. The molecular formula is C16H26ClN3O3S. The van der Waals surface area contributed by atoms with Gasteiger partial charge in [0.15, 0.2) is 0 Å². The first-order valence-corrected chi connectivity index (χ1v) is 9.43. The van der Waals surface area contributed by atoms with Crippen LogP contribution in [-0.4, -0.2) is 43.8 Å². The maximum absolute atomic E-state index is 12.7. The van der Waals surface area contributed by atoms with Gasteiger partial charge < -0.3 is 11.1 Å². The Morgan fingerprint density at radius 3 is 2.50 bits per heavy atom. The Morgan fingerprint density at radius 2 is 1.96 bits per heavy atom. The fourth-order valence-electron chi connectivity index (χ4n) is 2.71. The third-order valence-corrected chi connectivity index (χ3v) is 6.22. The summed E-state index contributed by atoms with van der Waals surface area (Å²) in [5.74, 6) is -0.252. The van der Waals surface area contributed by atoms with Gasteiger partial charge in [-0.1, -0.05) is 6.42 Å². The summed E-state index contributed by atoms with van der Waals surface area (Å²) in [5, 5.41) is 2.75. The number of hydrogen-bond donors (Lipinski definition) is 2. The van der Waals surface area contributed by atoms with Crippen molar-refractivity contribution in [2.24, 2.45) is 5.73 Å². The van der Waals surface area contributed by atoms with Gasteiger partial charge >= 0.3 is 0 Å². The topological polar surface area (TPSA) is 92.5 Å². The molecule has 8 heteroatoms. The fraction of sp³-hybridized carbons (Fsp3) is 0.562. The number of halogens is 1. The predicted octanol–water partition coefficient (Wildman–Crippen LogP) is 1.75. The van der Waals surface area contributed by atoms with Crippen molar-refractivity contribution in [2.45, 2.75) is 50.1 Å². The van der Waals surface area contributed by atoms with E-state index in [0.717, 1.165) is 19.3 Å². The van der Waals surface area contributed by atoms with Gasteiger partial charge in [0.25, 0.3) is 5.91 Å². The summed E-state index contributed by atoms with van der Waals surface area (Å²) in [4.78, 5) is 12.2. The summed E-state index contributed by atoms with van der Waals surface area (Å²) in [6, 6.07) is 5.97. The van der Waals surface area contributed by atoms with Crippen molar-refractivity contribution < 1.29 is 13.2 Å². The van der Waals surface area contributed by atoms with Crippen LogP contribution >= 0.6 is 12.4 Å². The van der Waals surface area contributed by atoms with Gasteiger partial charge in [0.1, 0.15) is 0 Å².